The molecular weight excluding hydrogens is 307 g/mol. The number of halogens is 2. The molecule has 0 N–H and O–H groups in total. The molecule has 0 radical (unpaired) electrons. The highest BCUT2D eigenvalue weighted by atomic mass is 35.5. The topological polar surface area (TPSA) is 32.3 Å². The summed E-state index contributed by atoms with van der Waals surface area (Å²) >= 11 is 12.0. The molecular formula is C15H16Cl2N4. The van der Waals surface area contributed by atoms with Crippen molar-refractivity contribution in [3.8, 4) is 0 Å². The van der Waals surface area contributed by atoms with Crippen molar-refractivity contribution in [2.45, 2.75) is 5.88 Å². The first-order valence-electron chi connectivity index (χ1n) is 6.89. The maximum Gasteiger partial charge on any atom is 0.129 e. The number of hydrogen-bond acceptors (Lipinski definition) is 4. The standard InChI is InChI=1S/C15H16Cl2N4/c16-10-12-9-15(19-11-13(12)17)21-7-5-20(6-8-21)14-3-1-2-4-18-14/h1-4,9,11H,5-8,10H2. The van der Waals surface area contributed by atoms with E-state index in [2.05, 4.69) is 19.8 Å². The number of rotatable bonds is 3. The highest BCUT2D eigenvalue weighted by Gasteiger charge is 2.19. The smallest absolute Gasteiger partial charge is 0.129 e. The van der Waals surface area contributed by atoms with Crippen LogP contribution in [0.4, 0.5) is 11.6 Å². The lowest BCUT2D eigenvalue weighted by Crippen LogP contribution is -2.47. The molecule has 0 bridgehead atoms. The van der Waals surface area contributed by atoms with Gasteiger partial charge in [-0.15, -0.1) is 11.6 Å². The molecule has 3 heterocycles. The molecule has 110 valence electrons. The second-order valence-corrected chi connectivity index (χ2v) is 5.60. The van der Waals surface area contributed by atoms with Gasteiger partial charge in [-0.1, -0.05) is 17.7 Å². The Balaban J connectivity index is 1.68. The van der Waals surface area contributed by atoms with Crippen LogP contribution in [-0.4, -0.2) is 36.1 Å². The van der Waals surface area contributed by atoms with Gasteiger partial charge in [0.2, 0.25) is 0 Å². The Labute approximate surface area is 134 Å². The number of pyridine rings is 2. The second kappa shape index (κ2) is 6.50. The van der Waals surface area contributed by atoms with Crippen LogP contribution in [0.25, 0.3) is 0 Å². The third kappa shape index (κ3) is 3.22. The maximum atomic E-state index is 6.06. The van der Waals surface area contributed by atoms with Crippen LogP contribution >= 0.6 is 23.2 Å². The van der Waals surface area contributed by atoms with Gasteiger partial charge in [-0.25, -0.2) is 9.97 Å². The van der Waals surface area contributed by atoms with Crippen LogP contribution in [0.5, 0.6) is 0 Å². The maximum absolute atomic E-state index is 6.06. The van der Waals surface area contributed by atoms with E-state index in [0.717, 1.165) is 43.4 Å². The molecule has 4 nitrogen and oxygen atoms in total. The summed E-state index contributed by atoms with van der Waals surface area (Å²) in [5.41, 5.74) is 0.926. The van der Waals surface area contributed by atoms with E-state index in [1.54, 1.807) is 6.20 Å². The zero-order valence-corrected chi connectivity index (χ0v) is 13.1. The lowest BCUT2D eigenvalue weighted by molar-refractivity contribution is 0.641. The summed E-state index contributed by atoms with van der Waals surface area (Å²) in [7, 11) is 0. The molecule has 0 amide bonds. The average molecular weight is 323 g/mol. The van der Waals surface area contributed by atoms with E-state index in [9.17, 15) is 0 Å². The van der Waals surface area contributed by atoms with E-state index >= 15 is 0 Å². The fourth-order valence-electron chi connectivity index (χ4n) is 2.45. The summed E-state index contributed by atoms with van der Waals surface area (Å²) in [5, 5.41) is 0.626. The van der Waals surface area contributed by atoms with Gasteiger partial charge in [-0.3, -0.25) is 0 Å². The molecule has 1 fully saturated rings. The van der Waals surface area contributed by atoms with Crippen molar-refractivity contribution in [3.05, 3.63) is 47.2 Å². The van der Waals surface area contributed by atoms with E-state index in [4.69, 9.17) is 23.2 Å². The lowest BCUT2D eigenvalue weighted by Gasteiger charge is -2.36. The molecule has 2 aromatic rings. The van der Waals surface area contributed by atoms with Gasteiger partial charge in [-0.2, -0.15) is 0 Å². The Morgan fingerprint density at radius 2 is 1.71 bits per heavy atom. The normalized spacial score (nSPS) is 15.3. The molecule has 0 unspecified atom stereocenters. The van der Waals surface area contributed by atoms with Crippen molar-refractivity contribution in [2.75, 3.05) is 36.0 Å². The van der Waals surface area contributed by atoms with Gasteiger partial charge in [-0.05, 0) is 23.8 Å². The van der Waals surface area contributed by atoms with Crippen LogP contribution in [0.2, 0.25) is 5.02 Å². The van der Waals surface area contributed by atoms with Crippen molar-refractivity contribution in [2.24, 2.45) is 0 Å². The first-order chi connectivity index (χ1) is 10.3. The lowest BCUT2D eigenvalue weighted by atomic mass is 10.2. The monoisotopic (exact) mass is 322 g/mol. The van der Waals surface area contributed by atoms with E-state index < -0.39 is 0 Å². The largest absolute Gasteiger partial charge is 0.353 e. The Kier molecular flexibility index (Phi) is 4.46. The summed E-state index contributed by atoms with van der Waals surface area (Å²) in [5.74, 6) is 2.38. The van der Waals surface area contributed by atoms with E-state index in [1.165, 1.54) is 0 Å². The minimum Gasteiger partial charge on any atom is -0.353 e. The first-order valence-corrected chi connectivity index (χ1v) is 7.80. The average Bonchev–Trinajstić information content (AvgIpc) is 2.56. The van der Waals surface area contributed by atoms with E-state index in [-0.39, 0.29) is 0 Å². The predicted octanol–water partition coefficient (Wildman–Crippen LogP) is 3.20. The molecule has 21 heavy (non-hydrogen) atoms. The summed E-state index contributed by atoms with van der Waals surface area (Å²) in [6, 6.07) is 7.97. The number of anilines is 2. The highest BCUT2D eigenvalue weighted by Crippen LogP contribution is 2.23. The number of nitrogens with zero attached hydrogens (tertiary/aromatic N) is 4. The van der Waals surface area contributed by atoms with Crippen LogP contribution in [0.15, 0.2) is 36.7 Å². The predicted molar refractivity (Wildman–Crippen MR) is 87.5 cm³/mol. The number of alkyl halides is 1. The minimum absolute atomic E-state index is 0.405. The van der Waals surface area contributed by atoms with Gasteiger partial charge in [0.1, 0.15) is 11.6 Å². The van der Waals surface area contributed by atoms with Crippen molar-refractivity contribution >= 4 is 34.8 Å². The Bertz CT molecular complexity index is 598. The fourth-order valence-corrected chi connectivity index (χ4v) is 2.91. The van der Waals surface area contributed by atoms with Crippen molar-refractivity contribution in [1.82, 2.24) is 9.97 Å². The summed E-state index contributed by atoms with van der Waals surface area (Å²) in [4.78, 5) is 13.3. The summed E-state index contributed by atoms with van der Waals surface area (Å²) in [6.45, 7) is 3.68. The van der Waals surface area contributed by atoms with Gasteiger partial charge in [0.15, 0.2) is 0 Å². The Hall–Kier alpha value is -1.52. The minimum atomic E-state index is 0.405. The second-order valence-electron chi connectivity index (χ2n) is 4.93. The summed E-state index contributed by atoms with van der Waals surface area (Å²) < 4.78 is 0. The molecule has 3 rings (SSSR count). The molecule has 6 heteroatoms. The Morgan fingerprint density at radius 3 is 2.33 bits per heavy atom. The Morgan fingerprint density at radius 1 is 1.00 bits per heavy atom. The first kappa shape index (κ1) is 14.4. The SMILES string of the molecule is ClCc1cc(N2CCN(c3ccccn3)CC2)ncc1Cl. The molecule has 1 aliphatic rings. The van der Waals surface area contributed by atoms with Gasteiger partial charge >= 0.3 is 0 Å². The van der Waals surface area contributed by atoms with Crippen LogP contribution in [0, 0.1) is 0 Å². The zero-order valence-electron chi connectivity index (χ0n) is 11.5. The fraction of sp³-hybridized carbons (Fsp3) is 0.333. The quantitative estimate of drug-likeness (QED) is 0.812. The van der Waals surface area contributed by atoms with Gasteiger partial charge in [0, 0.05) is 44.5 Å². The van der Waals surface area contributed by atoms with Crippen LogP contribution in [-0.2, 0) is 5.88 Å². The number of aromatic nitrogens is 2. The highest BCUT2D eigenvalue weighted by molar-refractivity contribution is 6.32. The number of hydrogen-bond donors (Lipinski definition) is 0. The van der Waals surface area contributed by atoms with E-state index in [0.29, 0.717) is 10.9 Å². The van der Waals surface area contributed by atoms with Crippen LogP contribution < -0.4 is 9.80 Å². The molecule has 0 atom stereocenters. The van der Waals surface area contributed by atoms with Crippen molar-refractivity contribution in [3.63, 3.8) is 0 Å². The van der Waals surface area contributed by atoms with Crippen molar-refractivity contribution in [1.29, 1.82) is 0 Å². The molecule has 0 spiro atoms. The molecule has 0 saturated carbocycles. The van der Waals surface area contributed by atoms with Crippen molar-refractivity contribution < 1.29 is 0 Å². The number of piperazine rings is 1. The third-order valence-electron chi connectivity index (χ3n) is 3.64. The summed E-state index contributed by atoms with van der Waals surface area (Å²) in [6.07, 6.45) is 3.51. The third-order valence-corrected chi connectivity index (χ3v) is 4.27. The van der Waals surface area contributed by atoms with E-state index in [1.807, 2.05) is 30.5 Å². The van der Waals surface area contributed by atoms with Gasteiger partial charge in [0.25, 0.3) is 0 Å². The molecule has 0 aliphatic carbocycles. The van der Waals surface area contributed by atoms with Gasteiger partial charge < -0.3 is 9.80 Å². The molecule has 2 aromatic heterocycles. The van der Waals surface area contributed by atoms with Crippen LogP contribution in [0.1, 0.15) is 5.56 Å². The molecule has 1 saturated heterocycles. The van der Waals surface area contributed by atoms with Crippen LogP contribution in [0.3, 0.4) is 0 Å². The van der Waals surface area contributed by atoms with Gasteiger partial charge in [0.05, 0.1) is 5.02 Å². The molecule has 0 aromatic carbocycles. The molecule has 1 aliphatic heterocycles. The zero-order chi connectivity index (χ0) is 14.7.